The minimum absolute atomic E-state index is 0.776. The van der Waals surface area contributed by atoms with E-state index in [1.807, 2.05) is 36.4 Å². The first-order valence-electron chi connectivity index (χ1n) is 12.5. The second-order valence-corrected chi connectivity index (χ2v) is 8.60. The Hall–Kier alpha value is -4.02. The van der Waals surface area contributed by atoms with Crippen molar-refractivity contribution in [1.82, 2.24) is 0 Å². The van der Waals surface area contributed by atoms with E-state index in [0.717, 1.165) is 41.0 Å². The topological polar surface area (TPSA) is 9.23 Å². The summed E-state index contributed by atoms with van der Waals surface area (Å²) in [6, 6.07) is 35.4. The average molecular weight is 457 g/mol. The Labute approximate surface area is 210 Å². The molecule has 35 heavy (non-hydrogen) atoms. The van der Waals surface area contributed by atoms with Gasteiger partial charge in [0, 0.05) is 11.1 Å². The molecular formula is C34H32O. The molecule has 0 spiro atoms. The van der Waals surface area contributed by atoms with E-state index in [9.17, 15) is 0 Å². The van der Waals surface area contributed by atoms with Crippen LogP contribution in [0.5, 0.6) is 5.75 Å². The molecule has 0 fully saturated rings. The zero-order chi connectivity index (χ0) is 24.1. The fourth-order valence-electron chi connectivity index (χ4n) is 3.90. The standard InChI is InChI=1S/C34H32O/c1-2-3-4-10-26-35-33-24-21-29(22-25-33)20-23-31-15-8-9-17-34(31)32-16-11-14-30(27-32)19-18-28-12-6-5-7-13-28/h5-9,11-19,21-22,24-25,27H,2-4,10,26H2,1H3/b19-18+. The Morgan fingerprint density at radius 2 is 1.40 bits per heavy atom. The lowest BCUT2D eigenvalue weighted by Crippen LogP contribution is -1.96. The van der Waals surface area contributed by atoms with Crippen LogP contribution in [0.3, 0.4) is 0 Å². The molecule has 0 aliphatic carbocycles. The smallest absolute Gasteiger partial charge is 0.119 e. The molecule has 4 rings (SSSR count). The lowest BCUT2D eigenvalue weighted by atomic mass is 9.98. The van der Waals surface area contributed by atoms with E-state index in [2.05, 4.69) is 97.6 Å². The maximum Gasteiger partial charge on any atom is 0.119 e. The van der Waals surface area contributed by atoms with Gasteiger partial charge in [-0.1, -0.05) is 117 Å². The monoisotopic (exact) mass is 456 g/mol. The van der Waals surface area contributed by atoms with E-state index in [-0.39, 0.29) is 0 Å². The number of benzene rings is 4. The third-order valence-electron chi connectivity index (χ3n) is 5.85. The van der Waals surface area contributed by atoms with Crippen LogP contribution in [0.15, 0.2) is 103 Å². The van der Waals surface area contributed by atoms with Crippen molar-refractivity contribution in [3.05, 3.63) is 125 Å². The fraction of sp³-hybridized carbons (Fsp3) is 0.176. The Morgan fingerprint density at radius 3 is 2.23 bits per heavy atom. The Kier molecular flexibility index (Phi) is 8.97. The Balaban J connectivity index is 1.47. The molecule has 0 aliphatic heterocycles. The van der Waals surface area contributed by atoms with Gasteiger partial charge < -0.3 is 4.74 Å². The van der Waals surface area contributed by atoms with Crippen molar-refractivity contribution in [3.8, 4) is 28.7 Å². The summed E-state index contributed by atoms with van der Waals surface area (Å²) in [5.74, 6) is 7.62. The number of ether oxygens (including phenoxy) is 1. The highest BCUT2D eigenvalue weighted by molar-refractivity contribution is 5.76. The summed E-state index contributed by atoms with van der Waals surface area (Å²) in [6.07, 6.45) is 9.15. The van der Waals surface area contributed by atoms with Gasteiger partial charge in [-0.2, -0.15) is 0 Å². The van der Waals surface area contributed by atoms with Gasteiger partial charge in [-0.15, -0.1) is 0 Å². The van der Waals surface area contributed by atoms with Crippen molar-refractivity contribution in [2.75, 3.05) is 6.61 Å². The van der Waals surface area contributed by atoms with E-state index >= 15 is 0 Å². The Bertz CT molecular complexity index is 1290. The van der Waals surface area contributed by atoms with Crippen molar-refractivity contribution in [2.45, 2.75) is 32.6 Å². The van der Waals surface area contributed by atoms with E-state index in [1.165, 1.54) is 30.4 Å². The summed E-state index contributed by atoms with van der Waals surface area (Å²) >= 11 is 0. The number of rotatable bonds is 9. The highest BCUT2D eigenvalue weighted by atomic mass is 16.5. The van der Waals surface area contributed by atoms with Crippen LogP contribution < -0.4 is 4.74 Å². The predicted octanol–water partition coefficient (Wildman–Crippen LogP) is 8.88. The van der Waals surface area contributed by atoms with Crippen molar-refractivity contribution in [3.63, 3.8) is 0 Å². The quantitative estimate of drug-likeness (QED) is 0.139. The molecule has 0 aromatic heterocycles. The van der Waals surface area contributed by atoms with Gasteiger partial charge in [-0.3, -0.25) is 0 Å². The van der Waals surface area contributed by atoms with Gasteiger partial charge in [-0.25, -0.2) is 0 Å². The van der Waals surface area contributed by atoms with Crippen LogP contribution in [-0.2, 0) is 0 Å². The first-order valence-corrected chi connectivity index (χ1v) is 12.5. The van der Waals surface area contributed by atoms with Gasteiger partial charge in [0.15, 0.2) is 0 Å². The fourth-order valence-corrected chi connectivity index (χ4v) is 3.90. The second kappa shape index (κ2) is 13.0. The molecule has 0 radical (unpaired) electrons. The third kappa shape index (κ3) is 7.49. The van der Waals surface area contributed by atoms with E-state index in [1.54, 1.807) is 0 Å². The zero-order valence-electron chi connectivity index (χ0n) is 20.4. The maximum atomic E-state index is 5.85. The molecule has 0 N–H and O–H groups in total. The predicted molar refractivity (Wildman–Crippen MR) is 149 cm³/mol. The molecule has 0 amide bonds. The van der Waals surface area contributed by atoms with Crippen molar-refractivity contribution in [2.24, 2.45) is 0 Å². The molecule has 0 aliphatic rings. The molecule has 1 nitrogen and oxygen atoms in total. The van der Waals surface area contributed by atoms with E-state index < -0.39 is 0 Å². The SMILES string of the molecule is CCCCCCOc1ccc(C#Cc2ccccc2-c2cccc(/C=C/c3ccccc3)c2)cc1. The Morgan fingerprint density at radius 1 is 0.657 bits per heavy atom. The van der Waals surface area contributed by atoms with E-state index in [4.69, 9.17) is 4.74 Å². The summed E-state index contributed by atoms with van der Waals surface area (Å²) < 4.78 is 5.85. The van der Waals surface area contributed by atoms with Crippen LogP contribution in [0.4, 0.5) is 0 Å². The van der Waals surface area contributed by atoms with Crippen LogP contribution >= 0.6 is 0 Å². The zero-order valence-corrected chi connectivity index (χ0v) is 20.4. The summed E-state index contributed by atoms with van der Waals surface area (Å²) in [6.45, 7) is 3.00. The minimum Gasteiger partial charge on any atom is -0.494 e. The molecule has 0 bridgehead atoms. The minimum atomic E-state index is 0.776. The van der Waals surface area contributed by atoms with Crippen molar-refractivity contribution in [1.29, 1.82) is 0 Å². The lowest BCUT2D eigenvalue weighted by molar-refractivity contribution is 0.305. The molecule has 1 heteroatoms. The molecule has 0 saturated carbocycles. The third-order valence-corrected chi connectivity index (χ3v) is 5.85. The maximum absolute atomic E-state index is 5.85. The first kappa shape index (κ1) is 24.1. The summed E-state index contributed by atoms with van der Waals surface area (Å²) in [7, 11) is 0. The van der Waals surface area contributed by atoms with E-state index in [0.29, 0.717) is 0 Å². The average Bonchev–Trinajstić information content (AvgIpc) is 2.92. The summed E-state index contributed by atoms with van der Waals surface area (Å²) in [5, 5.41) is 0. The molecule has 174 valence electrons. The van der Waals surface area contributed by atoms with Gasteiger partial charge in [0.2, 0.25) is 0 Å². The highest BCUT2D eigenvalue weighted by Gasteiger charge is 2.03. The van der Waals surface area contributed by atoms with Crippen LogP contribution in [0, 0.1) is 11.8 Å². The van der Waals surface area contributed by atoms with Crippen molar-refractivity contribution < 1.29 is 4.74 Å². The number of unbranched alkanes of at least 4 members (excludes halogenated alkanes) is 3. The normalized spacial score (nSPS) is 10.7. The molecule has 0 saturated heterocycles. The van der Waals surface area contributed by atoms with Gasteiger partial charge in [0.1, 0.15) is 5.75 Å². The van der Waals surface area contributed by atoms with Crippen molar-refractivity contribution >= 4 is 12.2 Å². The molecule has 4 aromatic rings. The molecule has 0 atom stereocenters. The molecule has 0 heterocycles. The van der Waals surface area contributed by atoms with Crippen LogP contribution in [0.1, 0.15) is 54.9 Å². The molecule has 0 unspecified atom stereocenters. The van der Waals surface area contributed by atoms with Crippen LogP contribution in [0.25, 0.3) is 23.3 Å². The highest BCUT2D eigenvalue weighted by Crippen LogP contribution is 2.25. The summed E-state index contributed by atoms with van der Waals surface area (Å²) in [4.78, 5) is 0. The largest absolute Gasteiger partial charge is 0.494 e. The van der Waals surface area contributed by atoms with Gasteiger partial charge in [-0.05, 0) is 65.1 Å². The first-order chi connectivity index (χ1) is 17.3. The van der Waals surface area contributed by atoms with Gasteiger partial charge in [0.05, 0.1) is 6.61 Å². The molecule has 4 aromatic carbocycles. The number of hydrogen-bond acceptors (Lipinski definition) is 1. The molecular weight excluding hydrogens is 424 g/mol. The van der Waals surface area contributed by atoms with Crippen LogP contribution in [0.2, 0.25) is 0 Å². The van der Waals surface area contributed by atoms with Gasteiger partial charge in [0.25, 0.3) is 0 Å². The lowest BCUT2D eigenvalue weighted by Gasteiger charge is -2.06. The van der Waals surface area contributed by atoms with Gasteiger partial charge >= 0.3 is 0 Å². The number of hydrogen-bond donors (Lipinski definition) is 0. The second-order valence-electron chi connectivity index (χ2n) is 8.60. The summed E-state index contributed by atoms with van der Waals surface area (Å²) in [5.41, 5.74) is 6.67. The van der Waals surface area contributed by atoms with Crippen LogP contribution in [-0.4, -0.2) is 6.61 Å².